The highest BCUT2D eigenvalue weighted by atomic mass is 32.2. The van der Waals surface area contributed by atoms with Crippen LogP contribution >= 0.6 is 11.8 Å². The van der Waals surface area contributed by atoms with Gasteiger partial charge in [-0.15, -0.1) is 0 Å². The lowest BCUT2D eigenvalue weighted by atomic mass is 9.84. The third-order valence-corrected chi connectivity index (χ3v) is 5.44. The zero-order valence-electron chi connectivity index (χ0n) is 10.4. The molecule has 2 heterocycles. The van der Waals surface area contributed by atoms with Gasteiger partial charge in [-0.05, 0) is 18.6 Å². The van der Waals surface area contributed by atoms with Gasteiger partial charge in [0.05, 0.1) is 19.6 Å². The molecule has 2 aliphatic heterocycles. The van der Waals surface area contributed by atoms with Crippen molar-refractivity contribution in [1.29, 1.82) is 0 Å². The highest BCUT2D eigenvalue weighted by Gasteiger charge is 2.45. The molecule has 2 fully saturated rings. The molecule has 2 unspecified atom stereocenters. The minimum absolute atomic E-state index is 0.154. The van der Waals surface area contributed by atoms with E-state index in [-0.39, 0.29) is 12.0 Å². The quantitative estimate of drug-likeness (QED) is 0.831. The van der Waals surface area contributed by atoms with Gasteiger partial charge in [0.1, 0.15) is 0 Å². The molecule has 2 aliphatic rings. The average molecular weight is 259 g/mol. The van der Waals surface area contributed by atoms with Crippen LogP contribution in [0.25, 0.3) is 0 Å². The molecule has 98 valence electrons. The standard InChI is InChI=1S/C12H21NO3S/c1-10-12(9-11(14)15,3-2-8-17-10)13-4-6-16-7-5-13/h10H,2-9H2,1H3,(H,14,15). The normalized spacial score (nSPS) is 35.7. The number of hydrogen-bond donors (Lipinski definition) is 1. The number of ether oxygens (including phenoxy) is 1. The fourth-order valence-electron chi connectivity index (χ4n) is 3.03. The maximum absolute atomic E-state index is 11.2. The molecule has 5 heteroatoms. The Morgan fingerprint density at radius 1 is 1.53 bits per heavy atom. The van der Waals surface area contributed by atoms with Gasteiger partial charge in [0, 0.05) is 23.9 Å². The summed E-state index contributed by atoms with van der Waals surface area (Å²) in [7, 11) is 0. The van der Waals surface area contributed by atoms with Crippen molar-refractivity contribution in [2.45, 2.75) is 37.0 Å². The first-order valence-electron chi connectivity index (χ1n) is 6.31. The molecule has 0 amide bonds. The average Bonchev–Trinajstić information content (AvgIpc) is 2.33. The molecule has 17 heavy (non-hydrogen) atoms. The predicted molar refractivity (Wildman–Crippen MR) is 68.5 cm³/mol. The Morgan fingerprint density at radius 3 is 2.82 bits per heavy atom. The Kier molecular flexibility index (Phi) is 4.33. The fraction of sp³-hybridized carbons (Fsp3) is 0.917. The number of carbonyl (C=O) groups is 1. The fourth-order valence-corrected chi connectivity index (χ4v) is 4.35. The van der Waals surface area contributed by atoms with E-state index in [0.717, 1.165) is 44.9 Å². The molecule has 0 saturated carbocycles. The maximum atomic E-state index is 11.2. The van der Waals surface area contributed by atoms with Crippen LogP contribution in [0.5, 0.6) is 0 Å². The molecule has 0 spiro atoms. The molecule has 2 atom stereocenters. The van der Waals surface area contributed by atoms with E-state index in [2.05, 4.69) is 11.8 Å². The number of carboxylic acids is 1. The Bertz CT molecular complexity index is 281. The summed E-state index contributed by atoms with van der Waals surface area (Å²) in [6, 6.07) is 0. The van der Waals surface area contributed by atoms with Crippen LogP contribution in [0.4, 0.5) is 0 Å². The van der Waals surface area contributed by atoms with Gasteiger partial charge in [-0.25, -0.2) is 0 Å². The number of thioether (sulfide) groups is 1. The highest BCUT2D eigenvalue weighted by molar-refractivity contribution is 8.00. The first-order valence-corrected chi connectivity index (χ1v) is 7.36. The first-order chi connectivity index (χ1) is 8.15. The van der Waals surface area contributed by atoms with Crippen molar-refractivity contribution >= 4 is 17.7 Å². The van der Waals surface area contributed by atoms with Crippen molar-refractivity contribution in [2.24, 2.45) is 0 Å². The molecule has 4 nitrogen and oxygen atoms in total. The summed E-state index contributed by atoms with van der Waals surface area (Å²) >= 11 is 1.91. The van der Waals surface area contributed by atoms with E-state index >= 15 is 0 Å². The summed E-state index contributed by atoms with van der Waals surface area (Å²) in [4.78, 5) is 13.6. The van der Waals surface area contributed by atoms with Crippen LogP contribution < -0.4 is 0 Å². The molecule has 0 bridgehead atoms. The summed E-state index contributed by atoms with van der Waals surface area (Å²) in [6.45, 7) is 5.40. The van der Waals surface area contributed by atoms with Crippen molar-refractivity contribution in [1.82, 2.24) is 4.90 Å². The number of nitrogens with zero attached hydrogens (tertiary/aromatic N) is 1. The Morgan fingerprint density at radius 2 is 2.24 bits per heavy atom. The van der Waals surface area contributed by atoms with Gasteiger partial charge in [-0.2, -0.15) is 11.8 Å². The molecular weight excluding hydrogens is 238 g/mol. The maximum Gasteiger partial charge on any atom is 0.305 e. The third-order valence-electron chi connectivity index (χ3n) is 3.98. The summed E-state index contributed by atoms with van der Waals surface area (Å²) in [6.07, 6.45) is 2.40. The lowest BCUT2D eigenvalue weighted by Gasteiger charge is -2.50. The second-order valence-electron chi connectivity index (χ2n) is 4.89. The number of aliphatic carboxylic acids is 1. The Balaban J connectivity index is 2.17. The summed E-state index contributed by atoms with van der Waals surface area (Å²) in [5, 5.41) is 9.61. The van der Waals surface area contributed by atoms with Gasteiger partial charge in [0.2, 0.25) is 0 Å². The van der Waals surface area contributed by atoms with Crippen LogP contribution in [0, 0.1) is 0 Å². The molecule has 0 radical (unpaired) electrons. The van der Waals surface area contributed by atoms with E-state index in [1.54, 1.807) is 0 Å². The van der Waals surface area contributed by atoms with Crippen LogP contribution in [0.3, 0.4) is 0 Å². The topological polar surface area (TPSA) is 49.8 Å². The molecule has 0 aliphatic carbocycles. The van der Waals surface area contributed by atoms with Crippen LogP contribution in [-0.4, -0.2) is 58.8 Å². The zero-order chi connectivity index (χ0) is 12.3. The van der Waals surface area contributed by atoms with E-state index in [1.165, 1.54) is 0 Å². The number of hydrogen-bond acceptors (Lipinski definition) is 4. The van der Waals surface area contributed by atoms with Crippen molar-refractivity contribution in [3.05, 3.63) is 0 Å². The van der Waals surface area contributed by atoms with E-state index in [9.17, 15) is 9.90 Å². The van der Waals surface area contributed by atoms with E-state index in [0.29, 0.717) is 5.25 Å². The molecule has 2 saturated heterocycles. The van der Waals surface area contributed by atoms with Gasteiger partial charge >= 0.3 is 5.97 Å². The van der Waals surface area contributed by atoms with E-state index in [1.807, 2.05) is 11.8 Å². The number of morpholine rings is 1. The number of rotatable bonds is 3. The molecule has 0 aromatic rings. The van der Waals surface area contributed by atoms with Crippen molar-refractivity contribution in [3.8, 4) is 0 Å². The summed E-state index contributed by atoms with van der Waals surface area (Å²) in [5.74, 6) is 0.484. The van der Waals surface area contributed by atoms with E-state index in [4.69, 9.17) is 4.74 Å². The van der Waals surface area contributed by atoms with Gasteiger partial charge in [0.25, 0.3) is 0 Å². The van der Waals surface area contributed by atoms with Crippen LogP contribution in [0.2, 0.25) is 0 Å². The molecule has 1 N–H and O–H groups in total. The second-order valence-corrected chi connectivity index (χ2v) is 6.34. The smallest absolute Gasteiger partial charge is 0.305 e. The number of carboxylic acid groups (broad SMARTS) is 1. The molecule has 0 aromatic heterocycles. The highest BCUT2D eigenvalue weighted by Crippen LogP contribution is 2.41. The zero-order valence-corrected chi connectivity index (χ0v) is 11.2. The third kappa shape index (κ3) is 2.77. The van der Waals surface area contributed by atoms with Crippen LogP contribution in [0.1, 0.15) is 26.2 Å². The molecule has 0 aromatic carbocycles. The molecule has 2 rings (SSSR count). The second kappa shape index (κ2) is 5.59. The summed E-state index contributed by atoms with van der Waals surface area (Å²) < 4.78 is 5.38. The van der Waals surface area contributed by atoms with Crippen LogP contribution in [-0.2, 0) is 9.53 Å². The van der Waals surface area contributed by atoms with Crippen LogP contribution in [0.15, 0.2) is 0 Å². The first kappa shape index (κ1) is 13.2. The largest absolute Gasteiger partial charge is 0.481 e. The predicted octanol–water partition coefficient (Wildman–Crippen LogP) is 1.45. The molecular formula is C12H21NO3S. The van der Waals surface area contributed by atoms with Crippen molar-refractivity contribution in [3.63, 3.8) is 0 Å². The van der Waals surface area contributed by atoms with Crippen molar-refractivity contribution < 1.29 is 14.6 Å². The van der Waals surface area contributed by atoms with Gasteiger partial charge < -0.3 is 9.84 Å². The van der Waals surface area contributed by atoms with Gasteiger partial charge in [0.15, 0.2) is 0 Å². The van der Waals surface area contributed by atoms with Gasteiger partial charge in [-0.3, -0.25) is 9.69 Å². The summed E-state index contributed by atoms with van der Waals surface area (Å²) in [5.41, 5.74) is -0.154. The SMILES string of the molecule is CC1SCCCC1(CC(=O)O)N1CCOCC1. The lowest BCUT2D eigenvalue weighted by molar-refractivity contribution is -0.142. The monoisotopic (exact) mass is 259 g/mol. The van der Waals surface area contributed by atoms with Gasteiger partial charge in [-0.1, -0.05) is 6.92 Å². The minimum Gasteiger partial charge on any atom is -0.481 e. The lowest BCUT2D eigenvalue weighted by Crippen LogP contribution is -2.60. The van der Waals surface area contributed by atoms with Crippen molar-refractivity contribution in [2.75, 3.05) is 32.1 Å². The Hall–Kier alpha value is -0.260. The van der Waals surface area contributed by atoms with E-state index < -0.39 is 5.97 Å². The minimum atomic E-state index is -0.675. The Labute approximate surface area is 107 Å².